The summed E-state index contributed by atoms with van der Waals surface area (Å²) in [6.45, 7) is 4.79. The van der Waals surface area contributed by atoms with Crippen molar-refractivity contribution in [3.05, 3.63) is 24.4 Å². The Labute approximate surface area is 163 Å². The molecule has 146 valence electrons. The maximum absolute atomic E-state index is 5.44. The fourth-order valence-electron chi connectivity index (χ4n) is 4.61. The number of methoxy groups -OCH3 is 1. The molecule has 0 spiro atoms. The van der Waals surface area contributed by atoms with Crippen LogP contribution in [-0.4, -0.2) is 62.5 Å². The first-order chi connectivity index (χ1) is 13.7. The summed E-state index contributed by atoms with van der Waals surface area (Å²) < 4.78 is 7.26. The second-order valence-electron chi connectivity index (χ2n) is 7.53. The fraction of sp³-hybridized carbons (Fsp3) is 0.526. The highest BCUT2D eigenvalue weighted by atomic mass is 16.5. The number of ether oxygens (including phenoxy) is 1. The molecule has 2 saturated heterocycles. The van der Waals surface area contributed by atoms with E-state index in [0.717, 1.165) is 54.5 Å². The number of hydrogen-bond acceptors (Lipinski definition) is 8. The van der Waals surface area contributed by atoms with Crippen molar-refractivity contribution in [2.24, 2.45) is 13.0 Å². The van der Waals surface area contributed by atoms with Gasteiger partial charge in [0.1, 0.15) is 11.6 Å². The highest BCUT2D eigenvalue weighted by molar-refractivity contribution is 5.87. The third kappa shape index (κ3) is 2.64. The van der Waals surface area contributed by atoms with Crippen LogP contribution in [0.2, 0.25) is 0 Å². The Morgan fingerprint density at radius 2 is 1.89 bits per heavy atom. The second-order valence-corrected chi connectivity index (χ2v) is 7.53. The van der Waals surface area contributed by atoms with Crippen LogP contribution in [0, 0.1) is 12.8 Å². The average Bonchev–Trinajstić information content (AvgIpc) is 3.31. The molecule has 0 aromatic carbocycles. The fourth-order valence-corrected chi connectivity index (χ4v) is 4.61. The van der Waals surface area contributed by atoms with E-state index in [-0.39, 0.29) is 0 Å². The number of fused-ring (bicyclic) bond motifs is 2. The quantitative estimate of drug-likeness (QED) is 0.677. The molecule has 0 aliphatic carbocycles. The molecule has 5 rings (SSSR count). The molecule has 5 heterocycles. The number of aromatic nitrogens is 6. The van der Waals surface area contributed by atoms with Crippen LogP contribution in [0.4, 0.5) is 11.6 Å². The third-order valence-electron chi connectivity index (χ3n) is 5.96. The molecule has 2 aliphatic heterocycles. The summed E-state index contributed by atoms with van der Waals surface area (Å²) >= 11 is 0. The molecule has 2 atom stereocenters. The molecule has 0 saturated carbocycles. The van der Waals surface area contributed by atoms with Crippen molar-refractivity contribution in [2.45, 2.75) is 25.8 Å². The Balaban J connectivity index is 1.50. The summed E-state index contributed by atoms with van der Waals surface area (Å²) in [5.41, 5.74) is 0.884. The zero-order valence-electron chi connectivity index (χ0n) is 16.4. The van der Waals surface area contributed by atoms with Crippen LogP contribution >= 0.6 is 0 Å². The van der Waals surface area contributed by atoms with Gasteiger partial charge < -0.3 is 14.5 Å². The van der Waals surface area contributed by atoms with Crippen LogP contribution in [0.1, 0.15) is 18.7 Å². The molecule has 3 aromatic heterocycles. The van der Waals surface area contributed by atoms with Crippen LogP contribution in [0.25, 0.3) is 11.0 Å². The summed E-state index contributed by atoms with van der Waals surface area (Å²) in [4.78, 5) is 23.0. The number of aryl methyl sites for hydroxylation is 2. The van der Waals surface area contributed by atoms with Crippen molar-refractivity contribution in [1.82, 2.24) is 29.7 Å². The van der Waals surface area contributed by atoms with Crippen molar-refractivity contribution in [1.29, 1.82) is 0 Å². The molecule has 2 unspecified atom stereocenters. The Kier molecular flexibility index (Phi) is 4.03. The van der Waals surface area contributed by atoms with Crippen LogP contribution in [0.15, 0.2) is 18.6 Å². The predicted molar refractivity (Wildman–Crippen MR) is 106 cm³/mol. The van der Waals surface area contributed by atoms with Crippen molar-refractivity contribution < 1.29 is 4.74 Å². The van der Waals surface area contributed by atoms with E-state index in [4.69, 9.17) is 9.72 Å². The third-order valence-corrected chi connectivity index (χ3v) is 5.96. The Morgan fingerprint density at radius 3 is 2.75 bits per heavy atom. The summed E-state index contributed by atoms with van der Waals surface area (Å²) in [5.74, 6) is 3.83. The zero-order chi connectivity index (χ0) is 19.3. The van der Waals surface area contributed by atoms with Crippen molar-refractivity contribution in [3.63, 3.8) is 0 Å². The summed E-state index contributed by atoms with van der Waals surface area (Å²) in [5, 5.41) is 5.42. The van der Waals surface area contributed by atoms with Gasteiger partial charge in [0.05, 0.1) is 24.7 Å². The minimum Gasteiger partial charge on any atom is -0.478 e. The van der Waals surface area contributed by atoms with Crippen molar-refractivity contribution in [2.75, 3.05) is 36.5 Å². The van der Waals surface area contributed by atoms with Crippen molar-refractivity contribution >= 4 is 22.7 Å². The van der Waals surface area contributed by atoms with E-state index >= 15 is 0 Å². The zero-order valence-corrected chi connectivity index (χ0v) is 16.4. The SMILES string of the molecule is COc1nccnc1N1CCC2CCN(c3nc(C)nc4c3cnn4C)C2C1. The molecule has 9 heteroatoms. The predicted octanol–water partition coefficient (Wildman–Crippen LogP) is 1.58. The lowest BCUT2D eigenvalue weighted by Crippen LogP contribution is -2.49. The summed E-state index contributed by atoms with van der Waals surface area (Å²) in [7, 11) is 3.57. The second kappa shape index (κ2) is 6.57. The van der Waals surface area contributed by atoms with E-state index in [1.165, 1.54) is 6.42 Å². The molecule has 0 radical (unpaired) electrons. The molecular formula is C19H24N8O. The average molecular weight is 380 g/mol. The molecule has 0 amide bonds. The number of piperidine rings is 1. The van der Waals surface area contributed by atoms with Gasteiger partial charge in [-0.3, -0.25) is 4.68 Å². The maximum atomic E-state index is 5.44. The van der Waals surface area contributed by atoms with Gasteiger partial charge in [-0.25, -0.2) is 19.9 Å². The topological polar surface area (TPSA) is 85.1 Å². The lowest BCUT2D eigenvalue weighted by atomic mass is 9.92. The number of nitrogens with zero attached hydrogens (tertiary/aromatic N) is 8. The van der Waals surface area contributed by atoms with Crippen LogP contribution in [0.3, 0.4) is 0 Å². The normalized spacial score (nSPS) is 22.0. The Hall–Kier alpha value is -2.97. The van der Waals surface area contributed by atoms with Crippen LogP contribution in [-0.2, 0) is 7.05 Å². The monoisotopic (exact) mass is 380 g/mol. The van der Waals surface area contributed by atoms with Gasteiger partial charge in [0, 0.05) is 39.1 Å². The van der Waals surface area contributed by atoms with Crippen LogP contribution < -0.4 is 14.5 Å². The first-order valence-corrected chi connectivity index (χ1v) is 9.68. The molecule has 0 N–H and O–H groups in total. The van der Waals surface area contributed by atoms with Gasteiger partial charge in [0.2, 0.25) is 0 Å². The minimum atomic E-state index is 0.373. The van der Waals surface area contributed by atoms with Gasteiger partial charge in [-0.2, -0.15) is 5.10 Å². The smallest absolute Gasteiger partial charge is 0.257 e. The lowest BCUT2D eigenvalue weighted by Gasteiger charge is -2.39. The number of rotatable bonds is 3. The molecule has 2 fully saturated rings. The van der Waals surface area contributed by atoms with E-state index in [9.17, 15) is 0 Å². The molecular weight excluding hydrogens is 356 g/mol. The van der Waals surface area contributed by atoms with Crippen LogP contribution in [0.5, 0.6) is 5.88 Å². The van der Waals surface area contributed by atoms with Gasteiger partial charge in [-0.1, -0.05) is 0 Å². The summed E-state index contributed by atoms with van der Waals surface area (Å²) in [6.07, 6.45) is 7.58. The molecule has 0 bridgehead atoms. The highest BCUT2D eigenvalue weighted by Gasteiger charge is 2.40. The molecule has 28 heavy (non-hydrogen) atoms. The standard InChI is InChI=1S/C19H24N8O/c1-12-23-16-14(10-22-25(16)2)17(24-12)27-9-5-13-4-8-26(11-15(13)27)18-19(28-3)21-7-6-20-18/h6-7,10,13,15H,4-5,8-9,11H2,1-3H3. The van der Waals surface area contributed by atoms with Gasteiger partial charge >= 0.3 is 0 Å². The lowest BCUT2D eigenvalue weighted by molar-refractivity contribution is 0.371. The van der Waals surface area contributed by atoms with Gasteiger partial charge in [0.15, 0.2) is 11.5 Å². The van der Waals surface area contributed by atoms with Gasteiger partial charge in [-0.15, -0.1) is 0 Å². The van der Waals surface area contributed by atoms with Gasteiger partial charge in [-0.05, 0) is 25.7 Å². The largest absolute Gasteiger partial charge is 0.478 e. The molecule has 9 nitrogen and oxygen atoms in total. The van der Waals surface area contributed by atoms with Crippen molar-refractivity contribution in [3.8, 4) is 5.88 Å². The van der Waals surface area contributed by atoms with Gasteiger partial charge in [0.25, 0.3) is 5.88 Å². The first-order valence-electron chi connectivity index (χ1n) is 9.68. The van der Waals surface area contributed by atoms with E-state index in [2.05, 4.69) is 29.9 Å². The highest BCUT2D eigenvalue weighted by Crippen LogP contribution is 2.38. The van der Waals surface area contributed by atoms with E-state index in [1.807, 2.05) is 24.9 Å². The molecule has 2 aliphatic rings. The first kappa shape index (κ1) is 17.2. The summed E-state index contributed by atoms with van der Waals surface area (Å²) in [6, 6.07) is 0.373. The Bertz CT molecular complexity index is 1020. The Morgan fingerprint density at radius 1 is 1.07 bits per heavy atom. The maximum Gasteiger partial charge on any atom is 0.257 e. The van der Waals surface area contributed by atoms with E-state index in [0.29, 0.717) is 17.8 Å². The van der Waals surface area contributed by atoms with E-state index < -0.39 is 0 Å². The number of hydrogen-bond donors (Lipinski definition) is 0. The number of anilines is 2. The van der Waals surface area contributed by atoms with E-state index in [1.54, 1.807) is 19.5 Å². The molecule has 3 aromatic rings. The minimum absolute atomic E-state index is 0.373.